The first-order valence-electron chi connectivity index (χ1n) is 8.73. The highest BCUT2D eigenvalue weighted by molar-refractivity contribution is 5.67. The summed E-state index contributed by atoms with van der Waals surface area (Å²) < 4.78 is 5.27. The summed E-state index contributed by atoms with van der Waals surface area (Å²) in [4.78, 5) is 11.7. The van der Waals surface area contributed by atoms with Gasteiger partial charge in [0.25, 0.3) is 0 Å². The molecule has 2 saturated carbocycles. The molecule has 2 N–H and O–H groups in total. The molecule has 0 heterocycles. The number of ether oxygens (including phenoxy) is 1. The molecular weight excluding hydrogens is 288 g/mol. The van der Waals surface area contributed by atoms with Crippen LogP contribution in [0.5, 0.6) is 0 Å². The molecule has 0 atom stereocenters. The first-order chi connectivity index (χ1) is 10.9. The number of hydrogen-bond donors (Lipinski definition) is 2. The number of carbonyl (C=O) groups is 1. The maximum atomic E-state index is 11.7. The van der Waals surface area contributed by atoms with Gasteiger partial charge in [0.2, 0.25) is 0 Å². The van der Waals surface area contributed by atoms with Crippen LogP contribution in [-0.2, 0) is 11.3 Å². The molecule has 1 aromatic carbocycles. The van der Waals surface area contributed by atoms with Crippen LogP contribution in [0.25, 0.3) is 0 Å². The van der Waals surface area contributed by atoms with Crippen LogP contribution >= 0.6 is 0 Å². The fraction of sp³-hybridized carbons (Fsp3) is 0.632. The molecule has 3 rings (SSSR count). The summed E-state index contributed by atoms with van der Waals surface area (Å²) in [6.07, 6.45) is 5.11. The van der Waals surface area contributed by atoms with Crippen molar-refractivity contribution in [3.63, 3.8) is 0 Å². The van der Waals surface area contributed by atoms with Gasteiger partial charge in [-0.25, -0.2) is 4.79 Å². The van der Waals surface area contributed by atoms with E-state index in [-0.39, 0.29) is 6.09 Å². The van der Waals surface area contributed by atoms with Gasteiger partial charge in [-0.2, -0.15) is 0 Å². The van der Waals surface area contributed by atoms with Gasteiger partial charge in [-0.1, -0.05) is 12.1 Å². The number of benzene rings is 1. The summed E-state index contributed by atoms with van der Waals surface area (Å²) in [5.41, 5.74) is 1.79. The van der Waals surface area contributed by atoms with Crippen molar-refractivity contribution in [2.75, 3.05) is 5.32 Å². The minimum absolute atomic E-state index is 0.371. The van der Waals surface area contributed by atoms with Gasteiger partial charge < -0.3 is 15.4 Å². The van der Waals surface area contributed by atoms with Gasteiger partial charge in [-0.3, -0.25) is 0 Å². The molecule has 2 fully saturated rings. The van der Waals surface area contributed by atoms with Crippen molar-refractivity contribution < 1.29 is 9.53 Å². The normalized spacial score (nSPS) is 17.9. The average molecular weight is 316 g/mol. The van der Waals surface area contributed by atoms with Gasteiger partial charge in [0.15, 0.2) is 0 Å². The second kappa shape index (κ2) is 6.42. The van der Waals surface area contributed by atoms with Gasteiger partial charge in [0.1, 0.15) is 5.60 Å². The molecule has 1 aromatic rings. The Morgan fingerprint density at radius 1 is 1.22 bits per heavy atom. The van der Waals surface area contributed by atoms with Gasteiger partial charge in [-0.05, 0) is 76.0 Å². The van der Waals surface area contributed by atoms with E-state index in [1.165, 1.54) is 25.7 Å². The molecular formula is C19H28N2O2. The van der Waals surface area contributed by atoms with E-state index < -0.39 is 5.60 Å². The second-order valence-electron chi connectivity index (χ2n) is 7.90. The maximum Gasteiger partial charge on any atom is 0.407 e. The summed E-state index contributed by atoms with van der Waals surface area (Å²) in [6.45, 7) is 6.09. The lowest BCUT2D eigenvalue weighted by molar-refractivity contribution is 0.0523. The number of alkyl carbamates (subject to hydrolysis) is 1. The summed E-state index contributed by atoms with van der Waals surface area (Å²) in [5.74, 6) is 1.73. The minimum Gasteiger partial charge on any atom is -0.444 e. The van der Waals surface area contributed by atoms with Crippen molar-refractivity contribution >= 4 is 11.8 Å². The van der Waals surface area contributed by atoms with E-state index in [0.29, 0.717) is 12.6 Å². The van der Waals surface area contributed by atoms with Gasteiger partial charge >= 0.3 is 6.09 Å². The van der Waals surface area contributed by atoms with Gasteiger partial charge in [0, 0.05) is 18.3 Å². The van der Waals surface area contributed by atoms with E-state index in [0.717, 1.165) is 23.1 Å². The third kappa shape index (κ3) is 5.15. The molecule has 4 heteroatoms. The van der Waals surface area contributed by atoms with E-state index in [1.807, 2.05) is 32.9 Å². The Labute approximate surface area is 139 Å². The Bertz CT molecular complexity index is 545. The Morgan fingerprint density at radius 2 is 1.87 bits per heavy atom. The van der Waals surface area contributed by atoms with Crippen molar-refractivity contribution in [1.29, 1.82) is 0 Å². The van der Waals surface area contributed by atoms with Crippen molar-refractivity contribution in [2.24, 2.45) is 11.8 Å². The number of hydrogen-bond acceptors (Lipinski definition) is 3. The average Bonchev–Trinajstić information content (AvgIpc) is 3.35. The summed E-state index contributed by atoms with van der Waals surface area (Å²) in [5, 5.41) is 6.54. The lowest BCUT2D eigenvalue weighted by atomic mass is 10.1. The zero-order valence-electron chi connectivity index (χ0n) is 14.4. The lowest BCUT2D eigenvalue weighted by Crippen LogP contribution is -2.32. The Kier molecular flexibility index (Phi) is 4.51. The largest absolute Gasteiger partial charge is 0.444 e. The van der Waals surface area contributed by atoms with E-state index in [2.05, 4.69) is 22.8 Å². The predicted octanol–water partition coefficient (Wildman–Crippen LogP) is 4.31. The quantitative estimate of drug-likeness (QED) is 0.822. The summed E-state index contributed by atoms with van der Waals surface area (Å²) in [6, 6.07) is 8.98. The van der Waals surface area contributed by atoms with Crippen LogP contribution in [0.4, 0.5) is 10.5 Å². The van der Waals surface area contributed by atoms with Crippen LogP contribution in [0.3, 0.4) is 0 Å². The van der Waals surface area contributed by atoms with Gasteiger partial charge in [0.05, 0.1) is 0 Å². The van der Waals surface area contributed by atoms with Gasteiger partial charge in [-0.15, -0.1) is 0 Å². The molecule has 0 radical (unpaired) electrons. The topological polar surface area (TPSA) is 50.4 Å². The molecule has 2 aliphatic rings. The van der Waals surface area contributed by atoms with E-state index in [1.54, 1.807) is 0 Å². The Hall–Kier alpha value is -1.71. The van der Waals surface area contributed by atoms with Crippen molar-refractivity contribution in [2.45, 2.75) is 64.6 Å². The summed E-state index contributed by atoms with van der Waals surface area (Å²) >= 11 is 0. The lowest BCUT2D eigenvalue weighted by Gasteiger charge is -2.20. The molecule has 0 bridgehead atoms. The fourth-order valence-electron chi connectivity index (χ4n) is 2.98. The number of carbonyl (C=O) groups excluding carboxylic acids is 1. The molecule has 2 aliphatic carbocycles. The first kappa shape index (κ1) is 16.2. The zero-order valence-corrected chi connectivity index (χ0v) is 14.4. The number of nitrogens with one attached hydrogen (secondary N) is 2. The van der Waals surface area contributed by atoms with Crippen LogP contribution in [0.1, 0.15) is 52.0 Å². The number of rotatable bonds is 6. The molecule has 23 heavy (non-hydrogen) atoms. The minimum atomic E-state index is -0.463. The second-order valence-corrected chi connectivity index (χ2v) is 7.90. The highest BCUT2D eigenvalue weighted by atomic mass is 16.6. The number of amides is 1. The van der Waals surface area contributed by atoms with Crippen LogP contribution in [0.2, 0.25) is 0 Å². The molecule has 126 valence electrons. The molecule has 1 amide bonds. The van der Waals surface area contributed by atoms with Crippen molar-refractivity contribution in [3.8, 4) is 0 Å². The molecule has 0 unspecified atom stereocenters. The molecule has 0 spiro atoms. The first-order valence-corrected chi connectivity index (χ1v) is 8.73. The zero-order chi connectivity index (χ0) is 16.4. The van der Waals surface area contributed by atoms with Crippen molar-refractivity contribution in [1.82, 2.24) is 5.32 Å². The van der Waals surface area contributed by atoms with Crippen molar-refractivity contribution in [3.05, 3.63) is 29.8 Å². The summed E-state index contributed by atoms with van der Waals surface area (Å²) in [7, 11) is 0. The Morgan fingerprint density at radius 3 is 2.43 bits per heavy atom. The molecule has 0 saturated heterocycles. The SMILES string of the molecule is CC(C)(C)OC(=O)NCc1cccc(NC(C2CC2)C2CC2)c1. The van der Waals surface area contributed by atoms with Crippen LogP contribution in [0, 0.1) is 11.8 Å². The van der Waals surface area contributed by atoms with Crippen LogP contribution in [0.15, 0.2) is 24.3 Å². The number of anilines is 1. The van der Waals surface area contributed by atoms with E-state index in [9.17, 15) is 4.79 Å². The third-order valence-electron chi connectivity index (χ3n) is 4.36. The fourth-order valence-corrected chi connectivity index (χ4v) is 2.98. The highest BCUT2D eigenvalue weighted by Gasteiger charge is 2.41. The van der Waals surface area contributed by atoms with Crippen LogP contribution < -0.4 is 10.6 Å². The van der Waals surface area contributed by atoms with Crippen LogP contribution in [-0.4, -0.2) is 17.7 Å². The monoisotopic (exact) mass is 316 g/mol. The Balaban J connectivity index is 1.53. The highest BCUT2D eigenvalue weighted by Crippen LogP contribution is 2.45. The van der Waals surface area contributed by atoms with E-state index >= 15 is 0 Å². The smallest absolute Gasteiger partial charge is 0.407 e. The third-order valence-corrected chi connectivity index (χ3v) is 4.36. The predicted molar refractivity (Wildman–Crippen MR) is 92.4 cm³/mol. The molecule has 4 nitrogen and oxygen atoms in total. The maximum absolute atomic E-state index is 11.7. The van der Waals surface area contributed by atoms with E-state index in [4.69, 9.17) is 4.74 Å². The standard InChI is InChI=1S/C19H28N2O2/c1-19(2,3)23-18(22)20-12-13-5-4-6-16(11-13)21-17(14-7-8-14)15-9-10-15/h4-6,11,14-15,17,21H,7-10,12H2,1-3H3,(H,20,22). The molecule has 0 aliphatic heterocycles. The molecule has 0 aromatic heterocycles.